The fourth-order valence-corrected chi connectivity index (χ4v) is 2.97. The third kappa shape index (κ3) is 7.39. The SMILES string of the molecule is CC(=O)Nc1ccc(S(=O)(=O)NC(C)C(=O)NC(C)(C)CN)cc1.Cl. The molecule has 142 valence electrons. The van der Waals surface area contributed by atoms with Gasteiger partial charge in [-0.25, -0.2) is 8.42 Å². The molecule has 1 rings (SSSR count). The monoisotopic (exact) mass is 392 g/mol. The molecule has 8 nitrogen and oxygen atoms in total. The molecular formula is C15H25ClN4O4S. The van der Waals surface area contributed by atoms with E-state index in [1.54, 1.807) is 13.8 Å². The topological polar surface area (TPSA) is 130 Å². The van der Waals surface area contributed by atoms with E-state index in [-0.39, 0.29) is 29.8 Å². The lowest BCUT2D eigenvalue weighted by atomic mass is 10.1. The van der Waals surface area contributed by atoms with E-state index < -0.39 is 27.5 Å². The van der Waals surface area contributed by atoms with Crippen molar-refractivity contribution in [2.45, 2.75) is 44.2 Å². The van der Waals surface area contributed by atoms with Gasteiger partial charge in [0.15, 0.2) is 0 Å². The predicted octanol–water partition coefficient (Wildman–Crippen LogP) is 0.587. The Hall–Kier alpha value is -1.68. The largest absolute Gasteiger partial charge is 0.349 e. The van der Waals surface area contributed by atoms with Crippen molar-refractivity contribution in [1.29, 1.82) is 0 Å². The number of benzene rings is 1. The molecule has 0 aromatic heterocycles. The van der Waals surface area contributed by atoms with Gasteiger partial charge in [0.2, 0.25) is 21.8 Å². The number of anilines is 1. The van der Waals surface area contributed by atoms with Crippen LogP contribution < -0.4 is 21.1 Å². The molecule has 0 aliphatic carbocycles. The summed E-state index contributed by atoms with van der Waals surface area (Å²) in [5, 5.41) is 5.22. The van der Waals surface area contributed by atoms with Crippen molar-refractivity contribution in [2.24, 2.45) is 5.73 Å². The average molecular weight is 393 g/mol. The third-order valence-electron chi connectivity index (χ3n) is 3.18. The Morgan fingerprint density at radius 3 is 2.16 bits per heavy atom. The number of amides is 2. The molecule has 1 aromatic carbocycles. The first kappa shape index (κ1) is 23.3. The van der Waals surface area contributed by atoms with E-state index in [2.05, 4.69) is 15.4 Å². The van der Waals surface area contributed by atoms with Crippen molar-refractivity contribution in [3.63, 3.8) is 0 Å². The Kier molecular flexibility index (Phi) is 8.52. The molecule has 1 atom stereocenters. The number of carbonyl (C=O) groups is 2. The number of sulfonamides is 1. The Balaban J connectivity index is 0.00000576. The van der Waals surface area contributed by atoms with Crippen LogP contribution in [-0.4, -0.2) is 38.4 Å². The lowest BCUT2D eigenvalue weighted by Gasteiger charge is -2.26. The normalized spacial score (nSPS) is 12.7. The highest BCUT2D eigenvalue weighted by molar-refractivity contribution is 7.89. The molecule has 1 aromatic rings. The van der Waals surface area contributed by atoms with Crippen LogP contribution in [0.3, 0.4) is 0 Å². The average Bonchev–Trinajstić information content (AvgIpc) is 2.46. The van der Waals surface area contributed by atoms with E-state index in [9.17, 15) is 18.0 Å². The Morgan fingerprint density at radius 1 is 1.20 bits per heavy atom. The summed E-state index contributed by atoms with van der Waals surface area (Å²) >= 11 is 0. The predicted molar refractivity (Wildman–Crippen MR) is 99.1 cm³/mol. The molecule has 5 N–H and O–H groups in total. The minimum Gasteiger partial charge on any atom is -0.349 e. The second kappa shape index (κ2) is 9.14. The van der Waals surface area contributed by atoms with Gasteiger partial charge in [-0.2, -0.15) is 4.72 Å². The van der Waals surface area contributed by atoms with Gasteiger partial charge in [-0.15, -0.1) is 12.4 Å². The molecule has 1 unspecified atom stereocenters. The van der Waals surface area contributed by atoms with Crippen LogP contribution in [0.4, 0.5) is 5.69 Å². The summed E-state index contributed by atoms with van der Waals surface area (Å²) in [4.78, 5) is 23.0. The molecule has 0 heterocycles. The van der Waals surface area contributed by atoms with Gasteiger partial charge in [-0.05, 0) is 45.0 Å². The maximum atomic E-state index is 12.3. The van der Waals surface area contributed by atoms with Gasteiger partial charge in [-0.1, -0.05) is 0 Å². The molecule has 0 fully saturated rings. The van der Waals surface area contributed by atoms with Crippen molar-refractivity contribution >= 4 is 39.9 Å². The van der Waals surface area contributed by atoms with E-state index in [1.807, 2.05) is 0 Å². The van der Waals surface area contributed by atoms with Crippen LogP contribution in [0.15, 0.2) is 29.2 Å². The summed E-state index contributed by atoms with van der Waals surface area (Å²) < 4.78 is 26.9. The lowest BCUT2D eigenvalue weighted by molar-refractivity contribution is -0.123. The fourth-order valence-electron chi connectivity index (χ4n) is 1.77. The highest BCUT2D eigenvalue weighted by atomic mass is 35.5. The first-order valence-electron chi connectivity index (χ1n) is 7.39. The Morgan fingerprint density at radius 2 is 1.72 bits per heavy atom. The Bertz CT molecular complexity index is 705. The molecule has 25 heavy (non-hydrogen) atoms. The number of carbonyl (C=O) groups excluding carboxylic acids is 2. The van der Waals surface area contributed by atoms with Gasteiger partial charge < -0.3 is 16.4 Å². The smallest absolute Gasteiger partial charge is 0.241 e. The van der Waals surface area contributed by atoms with Gasteiger partial charge in [0.1, 0.15) is 0 Å². The molecule has 0 spiro atoms. The molecule has 0 bridgehead atoms. The van der Waals surface area contributed by atoms with Crippen LogP contribution >= 0.6 is 12.4 Å². The number of nitrogens with two attached hydrogens (primary N) is 1. The van der Waals surface area contributed by atoms with Crippen molar-refractivity contribution in [1.82, 2.24) is 10.0 Å². The highest BCUT2D eigenvalue weighted by Crippen LogP contribution is 2.14. The second-order valence-corrected chi connectivity index (χ2v) is 7.84. The van der Waals surface area contributed by atoms with Crippen LogP contribution in [0.2, 0.25) is 0 Å². The number of hydrogen-bond acceptors (Lipinski definition) is 5. The fraction of sp³-hybridized carbons (Fsp3) is 0.467. The van der Waals surface area contributed by atoms with E-state index >= 15 is 0 Å². The summed E-state index contributed by atoms with van der Waals surface area (Å²) in [6, 6.07) is 4.68. The van der Waals surface area contributed by atoms with E-state index in [1.165, 1.54) is 38.1 Å². The third-order valence-corrected chi connectivity index (χ3v) is 4.74. The van der Waals surface area contributed by atoms with Gasteiger partial charge in [-0.3, -0.25) is 9.59 Å². The molecule has 0 radical (unpaired) electrons. The first-order valence-corrected chi connectivity index (χ1v) is 8.87. The van der Waals surface area contributed by atoms with Gasteiger partial charge in [0.05, 0.1) is 10.9 Å². The number of nitrogens with one attached hydrogen (secondary N) is 3. The standard InChI is InChI=1S/C15H24N4O4S.ClH/c1-10(14(21)18-15(3,4)9-16)19-24(22,23)13-7-5-12(6-8-13)17-11(2)20;/h5-8,10,19H,9,16H2,1-4H3,(H,17,20)(H,18,21);1H. The highest BCUT2D eigenvalue weighted by Gasteiger charge is 2.26. The maximum Gasteiger partial charge on any atom is 0.241 e. The van der Waals surface area contributed by atoms with E-state index in [0.29, 0.717) is 5.69 Å². The molecule has 0 saturated carbocycles. The van der Waals surface area contributed by atoms with Crippen molar-refractivity contribution < 1.29 is 18.0 Å². The van der Waals surface area contributed by atoms with Crippen molar-refractivity contribution in [3.8, 4) is 0 Å². The zero-order valence-electron chi connectivity index (χ0n) is 14.6. The first-order chi connectivity index (χ1) is 11.0. The summed E-state index contributed by atoms with van der Waals surface area (Å²) in [7, 11) is -3.87. The minimum atomic E-state index is -3.87. The van der Waals surface area contributed by atoms with Gasteiger partial charge in [0, 0.05) is 24.7 Å². The molecular weight excluding hydrogens is 368 g/mol. The van der Waals surface area contributed by atoms with Gasteiger partial charge >= 0.3 is 0 Å². The number of halogens is 1. The number of rotatable bonds is 7. The number of hydrogen-bond donors (Lipinski definition) is 4. The summed E-state index contributed by atoms with van der Waals surface area (Å²) in [5.74, 6) is -0.722. The lowest BCUT2D eigenvalue weighted by Crippen LogP contribution is -2.54. The summed E-state index contributed by atoms with van der Waals surface area (Å²) in [6.07, 6.45) is 0. The zero-order valence-corrected chi connectivity index (χ0v) is 16.3. The maximum absolute atomic E-state index is 12.3. The molecule has 10 heteroatoms. The zero-order chi connectivity index (χ0) is 18.5. The van der Waals surface area contributed by atoms with Crippen LogP contribution in [0, 0.1) is 0 Å². The van der Waals surface area contributed by atoms with E-state index in [4.69, 9.17) is 5.73 Å². The molecule has 0 aliphatic rings. The molecule has 0 saturated heterocycles. The van der Waals surface area contributed by atoms with Crippen molar-refractivity contribution in [2.75, 3.05) is 11.9 Å². The van der Waals surface area contributed by atoms with Crippen LogP contribution in [0.1, 0.15) is 27.7 Å². The molecule has 0 aliphatic heterocycles. The minimum absolute atomic E-state index is 0. The van der Waals surface area contributed by atoms with Crippen LogP contribution in [0.5, 0.6) is 0 Å². The Labute approximate surface area is 154 Å². The van der Waals surface area contributed by atoms with Crippen LogP contribution in [0.25, 0.3) is 0 Å². The van der Waals surface area contributed by atoms with Crippen LogP contribution in [-0.2, 0) is 19.6 Å². The quantitative estimate of drug-likeness (QED) is 0.539. The van der Waals surface area contributed by atoms with Gasteiger partial charge in [0.25, 0.3) is 0 Å². The summed E-state index contributed by atoms with van der Waals surface area (Å²) in [6.45, 7) is 6.52. The van der Waals surface area contributed by atoms with Crippen molar-refractivity contribution in [3.05, 3.63) is 24.3 Å². The second-order valence-electron chi connectivity index (χ2n) is 6.13. The van der Waals surface area contributed by atoms with E-state index in [0.717, 1.165) is 0 Å². The summed E-state index contributed by atoms with van der Waals surface area (Å²) in [5.41, 5.74) is 5.39. The molecule has 2 amide bonds.